The molecule has 1 aliphatic rings. The highest BCUT2D eigenvalue weighted by molar-refractivity contribution is 7.89. The Kier molecular flexibility index (Phi) is 5.80. The van der Waals surface area contributed by atoms with Crippen molar-refractivity contribution >= 4 is 10.0 Å². The SMILES string of the molecule is Cc1cccc(S(=O)(=O)N(C)[C@@H]2CC[C@H](N(C)Cc3ccccc3)C2)c1. The number of aryl methyl sites for hydroxylation is 1. The number of hydrogen-bond acceptors (Lipinski definition) is 3. The standard InChI is InChI=1S/C21H28N2O2S/c1-17-8-7-11-21(14-17)26(24,25)23(3)20-13-12-19(15-20)22(2)16-18-9-5-4-6-10-18/h4-11,14,19-20H,12-13,15-16H2,1-3H3/t19-,20+/m0/s1. The second kappa shape index (κ2) is 7.91. The van der Waals surface area contributed by atoms with E-state index in [2.05, 4.69) is 36.2 Å². The Morgan fingerprint density at radius 2 is 1.65 bits per heavy atom. The van der Waals surface area contributed by atoms with Gasteiger partial charge in [0.05, 0.1) is 4.90 Å². The molecule has 1 aliphatic carbocycles. The zero-order valence-electron chi connectivity index (χ0n) is 15.8. The van der Waals surface area contributed by atoms with Crippen LogP contribution < -0.4 is 0 Å². The van der Waals surface area contributed by atoms with E-state index in [4.69, 9.17) is 0 Å². The lowest BCUT2D eigenvalue weighted by Crippen LogP contribution is -2.37. The molecule has 0 aliphatic heterocycles. The fourth-order valence-corrected chi connectivity index (χ4v) is 5.31. The van der Waals surface area contributed by atoms with Crippen LogP contribution in [-0.4, -0.2) is 43.8 Å². The van der Waals surface area contributed by atoms with Gasteiger partial charge in [0.2, 0.25) is 10.0 Å². The molecule has 0 radical (unpaired) electrons. The molecule has 1 fully saturated rings. The van der Waals surface area contributed by atoms with Crippen molar-refractivity contribution < 1.29 is 8.42 Å². The summed E-state index contributed by atoms with van der Waals surface area (Å²) >= 11 is 0. The van der Waals surface area contributed by atoms with Gasteiger partial charge in [-0.15, -0.1) is 0 Å². The second-order valence-corrected chi connectivity index (χ2v) is 9.36. The molecule has 5 heteroatoms. The molecule has 2 atom stereocenters. The van der Waals surface area contributed by atoms with Gasteiger partial charge in [0.1, 0.15) is 0 Å². The van der Waals surface area contributed by atoms with Crippen molar-refractivity contribution in [1.29, 1.82) is 0 Å². The van der Waals surface area contributed by atoms with Crippen LogP contribution in [-0.2, 0) is 16.6 Å². The largest absolute Gasteiger partial charge is 0.299 e. The molecule has 0 bridgehead atoms. The molecule has 0 amide bonds. The molecule has 1 saturated carbocycles. The Morgan fingerprint density at radius 3 is 2.35 bits per heavy atom. The summed E-state index contributed by atoms with van der Waals surface area (Å²) in [6.45, 7) is 2.82. The average molecular weight is 373 g/mol. The molecule has 0 spiro atoms. The minimum absolute atomic E-state index is 0.0590. The van der Waals surface area contributed by atoms with E-state index >= 15 is 0 Å². The molecule has 4 nitrogen and oxygen atoms in total. The Hall–Kier alpha value is -1.69. The van der Waals surface area contributed by atoms with Crippen LogP contribution in [0.4, 0.5) is 0 Å². The molecule has 0 N–H and O–H groups in total. The van der Waals surface area contributed by atoms with Gasteiger partial charge < -0.3 is 0 Å². The van der Waals surface area contributed by atoms with Crippen LogP contribution in [0.3, 0.4) is 0 Å². The van der Waals surface area contributed by atoms with E-state index in [-0.39, 0.29) is 6.04 Å². The average Bonchev–Trinajstić information content (AvgIpc) is 3.12. The zero-order valence-corrected chi connectivity index (χ0v) is 16.6. The third-order valence-corrected chi connectivity index (χ3v) is 7.36. The molecule has 26 heavy (non-hydrogen) atoms. The van der Waals surface area contributed by atoms with Crippen LogP contribution in [0.2, 0.25) is 0 Å². The third kappa shape index (κ3) is 4.17. The van der Waals surface area contributed by atoms with Gasteiger partial charge in [-0.05, 0) is 56.5 Å². The van der Waals surface area contributed by atoms with Gasteiger partial charge in [0.15, 0.2) is 0 Å². The smallest absolute Gasteiger partial charge is 0.243 e. The third-order valence-electron chi connectivity index (χ3n) is 5.46. The van der Waals surface area contributed by atoms with Crippen LogP contribution in [0, 0.1) is 6.92 Å². The predicted molar refractivity (Wildman–Crippen MR) is 105 cm³/mol. The van der Waals surface area contributed by atoms with E-state index in [9.17, 15) is 8.42 Å². The number of hydrogen-bond donors (Lipinski definition) is 0. The number of benzene rings is 2. The number of sulfonamides is 1. The fourth-order valence-electron chi connectivity index (χ4n) is 3.80. The molecule has 3 rings (SSSR count). The van der Waals surface area contributed by atoms with Crippen LogP contribution >= 0.6 is 0 Å². The summed E-state index contributed by atoms with van der Waals surface area (Å²) in [5.74, 6) is 0. The maximum atomic E-state index is 13.0. The summed E-state index contributed by atoms with van der Waals surface area (Å²) in [6.07, 6.45) is 2.82. The van der Waals surface area contributed by atoms with Crippen LogP contribution in [0.5, 0.6) is 0 Å². The van der Waals surface area contributed by atoms with E-state index in [1.165, 1.54) is 5.56 Å². The summed E-state index contributed by atoms with van der Waals surface area (Å²) in [4.78, 5) is 2.74. The molecule has 0 heterocycles. The first kappa shape index (κ1) is 19.1. The number of nitrogens with zero attached hydrogens (tertiary/aromatic N) is 2. The van der Waals surface area contributed by atoms with Crippen LogP contribution in [0.15, 0.2) is 59.5 Å². The van der Waals surface area contributed by atoms with Gasteiger partial charge in [-0.1, -0.05) is 42.5 Å². The van der Waals surface area contributed by atoms with Crippen molar-refractivity contribution in [3.05, 3.63) is 65.7 Å². The topological polar surface area (TPSA) is 40.6 Å². The van der Waals surface area contributed by atoms with Gasteiger partial charge in [-0.3, -0.25) is 4.90 Å². The van der Waals surface area contributed by atoms with Gasteiger partial charge in [0.25, 0.3) is 0 Å². The molecule has 2 aromatic carbocycles. The van der Waals surface area contributed by atoms with Gasteiger partial charge >= 0.3 is 0 Å². The second-order valence-electron chi connectivity index (χ2n) is 7.36. The minimum atomic E-state index is -3.44. The summed E-state index contributed by atoms with van der Waals surface area (Å²) in [6, 6.07) is 18.1. The Labute approximate surface area is 157 Å². The van der Waals surface area contributed by atoms with Crippen molar-refractivity contribution in [2.75, 3.05) is 14.1 Å². The highest BCUT2D eigenvalue weighted by Crippen LogP contribution is 2.30. The Balaban J connectivity index is 1.66. The minimum Gasteiger partial charge on any atom is -0.299 e. The van der Waals surface area contributed by atoms with Crippen molar-refractivity contribution in [2.24, 2.45) is 0 Å². The van der Waals surface area contributed by atoms with Gasteiger partial charge in [0, 0.05) is 25.7 Å². The van der Waals surface area contributed by atoms with Gasteiger partial charge in [-0.2, -0.15) is 4.31 Å². The van der Waals surface area contributed by atoms with E-state index in [1.807, 2.05) is 19.1 Å². The summed E-state index contributed by atoms with van der Waals surface area (Å²) in [5, 5.41) is 0. The fraction of sp³-hybridized carbons (Fsp3) is 0.429. The van der Waals surface area contributed by atoms with E-state index in [0.717, 1.165) is 31.4 Å². The first-order valence-corrected chi connectivity index (χ1v) is 10.6. The summed E-state index contributed by atoms with van der Waals surface area (Å²) < 4.78 is 27.5. The van der Waals surface area contributed by atoms with Gasteiger partial charge in [-0.25, -0.2) is 8.42 Å². The maximum absolute atomic E-state index is 13.0. The number of rotatable bonds is 6. The van der Waals surface area contributed by atoms with Crippen molar-refractivity contribution in [3.8, 4) is 0 Å². The van der Waals surface area contributed by atoms with E-state index in [1.54, 1.807) is 29.6 Å². The van der Waals surface area contributed by atoms with Crippen molar-refractivity contribution in [2.45, 2.75) is 49.7 Å². The molecule has 0 aromatic heterocycles. The lowest BCUT2D eigenvalue weighted by atomic mass is 10.1. The van der Waals surface area contributed by atoms with Crippen molar-refractivity contribution in [3.63, 3.8) is 0 Å². The summed E-state index contributed by atoms with van der Waals surface area (Å²) in [7, 11) is 0.420. The van der Waals surface area contributed by atoms with E-state index in [0.29, 0.717) is 10.9 Å². The normalized spacial score (nSPS) is 20.8. The zero-order chi connectivity index (χ0) is 18.7. The van der Waals surface area contributed by atoms with E-state index < -0.39 is 10.0 Å². The first-order valence-electron chi connectivity index (χ1n) is 9.17. The molecular weight excluding hydrogens is 344 g/mol. The maximum Gasteiger partial charge on any atom is 0.243 e. The van der Waals surface area contributed by atoms with Crippen LogP contribution in [0.1, 0.15) is 30.4 Å². The molecule has 0 unspecified atom stereocenters. The molecule has 2 aromatic rings. The lowest BCUT2D eigenvalue weighted by molar-refractivity contribution is 0.228. The first-order chi connectivity index (χ1) is 12.4. The molecule has 0 saturated heterocycles. The molecule has 140 valence electrons. The van der Waals surface area contributed by atoms with Crippen LogP contribution in [0.25, 0.3) is 0 Å². The van der Waals surface area contributed by atoms with Crippen molar-refractivity contribution in [1.82, 2.24) is 9.21 Å². The monoisotopic (exact) mass is 372 g/mol. The Bertz CT molecular complexity index is 836. The quantitative estimate of drug-likeness (QED) is 0.777. The predicted octanol–water partition coefficient (Wildman–Crippen LogP) is 3.67. The highest BCUT2D eigenvalue weighted by atomic mass is 32.2. The summed E-state index contributed by atoms with van der Waals surface area (Å²) in [5.41, 5.74) is 2.26. The Morgan fingerprint density at radius 1 is 0.962 bits per heavy atom. The highest BCUT2D eigenvalue weighted by Gasteiger charge is 2.35. The lowest BCUT2D eigenvalue weighted by Gasteiger charge is -2.27. The molecular formula is C21H28N2O2S.